The van der Waals surface area contributed by atoms with Crippen LogP contribution in [0.4, 0.5) is 0 Å². The Morgan fingerprint density at radius 2 is 2.27 bits per heavy atom. The van der Waals surface area contributed by atoms with Gasteiger partial charge in [-0.2, -0.15) is 0 Å². The van der Waals surface area contributed by atoms with Gasteiger partial charge in [0.15, 0.2) is 8.60 Å². The van der Waals surface area contributed by atoms with Crippen molar-refractivity contribution < 1.29 is 9.26 Å². The maximum atomic E-state index is 7.69. The van der Waals surface area contributed by atoms with Gasteiger partial charge in [0.05, 0.1) is 12.6 Å². The highest BCUT2D eigenvalue weighted by Crippen LogP contribution is 2.45. The topological polar surface area (TPSA) is 58.4 Å². The van der Waals surface area contributed by atoms with Crippen molar-refractivity contribution in [2.45, 2.75) is 38.3 Å². The molecule has 26 heavy (non-hydrogen) atoms. The van der Waals surface area contributed by atoms with Crippen LogP contribution in [0.25, 0.3) is 10.9 Å². The number of pyridine rings is 1. The van der Waals surface area contributed by atoms with Gasteiger partial charge in [-0.25, -0.2) is 0 Å². The lowest BCUT2D eigenvalue weighted by Crippen LogP contribution is -2.55. The summed E-state index contributed by atoms with van der Waals surface area (Å²) in [6, 6.07) is 8.37. The Morgan fingerprint density at radius 3 is 2.96 bits per heavy atom. The van der Waals surface area contributed by atoms with Crippen LogP contribution in [0.1, 0.15) is 37.9 Å². The fourth-order valence-corrected chi connectivity index (χ4v) is 5.24. The zero-order valence-electron chi connectivity index (χ0n) is 15.4. The summed E-state index contributed by atoms with van der Waals surface area (Å²) in [5.41, 5.74) is 2.07. The predicted octanol–water partition coefficient (Wildman–Crippen LogP) is 5.05. The van der Waals surface area contributed by atoms with Gasteiger partial charge >= 0.3 is 0 Å². The van der Waals surface area contributed by atoms with E-state index in [1.54, 1.807) is 7.11 Å². The Morgan fingerprint density at radius 1 is 1.38 bits per heavy atom. The Hall–Kier alpha value is -1.55. The van der Waals surface area contributed by atoms with Gasteiger partial charge < -0.3 is 9.26 Å². The zero-order chi connectivity index (χ0) is 18.1. The number of nitrogens with zero attached hydrogens (tertiary/aromatic N) is 2. The number of benzene rings is 1. The molecule has 5 atom stereocenters. The molecule has 0 aliphatic carbocycles. The average Bonchev–Trinajstić information content (AvgIpc) is 2.71. The average molecular weight is 371 g/mol. The van der Waals surface area contributed by atoms with E-state index in [1.165, 1.54) is 12.8 Å². The molecule has 3 fully saturated rings. The van der Waals surface area contributed by atoms with Gasteiger partial charge in [0.2, 0.25) is 0 Å². The molecule has 0 amide bonds. The highest BCUT2D eigenvalue weighted by molar-refractivity contribution is 7.18. The Labute approximate surface area is 156 Å². The van der Waals surface area contributed by atoms with Crippen LogP contribution >= 0.6 is 8.60 Å². The SMILES string of the molecule is CCC1CN2CCC1CC2[C@@H](OP=N)c1ccnc2ccc(OC)cc12. The van der Waals surface area contributed by atoms with Gasteiger partial charge in [0.1, 0.15) is 11.9 Å². The largest absolute Gasteiger partial charge is 0.497 e. The van der Waals surface area contributed by atoms with Crippen molar-refractivity contribution in [1.82, 2.24) is 9.88 Å². The molecule has 4 unspecified atom stereocenters. The van der Waals surface area contributed by atoms with Crippen LogP contribution in [0.2, 0.25) is 0 Å². The Kier molecular flexibility index (Phi) is 5.21. The molecule has 3 saturated heterocycles. The van der Waals surface area contributed by atoms with Crippen LogP contribution in [0.5, 0.6) is 5.75 Å². The summed E-state index contributed by atoms with van der Waals surface area (Å²) < 4.78 is 11.4. The second kappa shape index (κ2) is 7.59. The minimum atomic E-state index is -0.104. The van der Waals surface area contributed by atoms with Crippen molar-refractivity contribution >= 4 is 19.5 Å². The van der Waals surface area contributed by atoms with E-state index in [0.29, 0.717) is 6.04 Å². The maximum absolute atomic E-state index is 7.69. The van der Waals surface area contributed by atoms with Crippen LogP contribution in [0.15, 0.2) is 30.5 Å². The minimum Gasteiger partial charge on any atom is -0.497 e. The molecule has 0 spiro atoms. The molecule has 3 aliphatic heterocycles. The first-order valence-corrected chi connectivity index (χ1v) is 10.3. The molecule has 4 heterocycles. The summed E-state index contributed by atoms with van der Waals surface area (Å²) in [6.07, 6.45) is 5.46. The lowest BCUT2D eigenvalue weighted by Gasteiger charge is -2.51. The summed E-state index contributed by atoms with van der Waals surface area (Å²) in [5.74, 6) is 2.42. The van der Waals surface area contributed by atoms with Gasteiger partial charge in [-0.15, -0.1) is 0 Å². The first kappa shape index (κ1) is 17.8. The van der Waals surface area contributed by atoms with E-state index in [4.69, 9.17) is 14.4 Å². The van der Waals surface area contributed by atoms with E-state index >= 15 is 0 Å². The van der Waals surface area contributed by atoms with E-state index in [2.05, 4.69) is 22.9 Å². The number of rotatable bonds is 6. The standard InChI is InChI=1S/C20H26N3O2P/c1-3-13-12-23-9-7-14(13)10-19(23)20(25-26-21)16-6-8-22-18-5-4-15(24-2)11-17(16)18/h4-6,8,11,13-14,19-21H,3,7,9-10,12H2,1-2H3/t13?,14?,19?,20-/m0/s1. The van der Waals surface area contributed by atoms with E-state index < -0.39 is 0 Å². The van der Waals surface area contributed by atoms with Gasteiger partial charge in [-0.1, -0.05) is 13.3 Å². The zero-order valence-corrected chi connectivity index (χ0v) is 16.3. The molecule has 2 aromatic rings. The number of hydrogen-bond donors (Lipinski definition) is 1. The molecule has 0 radical (unpaired) electrons. The number of piperidine rings is 3. The maximum Gasteiger partial charge on any atom is 0.169 e. The van der Waals surface area contributed by atoms with Crippen LogP contribution in [0.3, 0.4) is 0 Å². The number of fused-ring (bicyclic) bond motifs is 4. The Bertz CT molecular complexity index is 800. The molecule has 2 bridgehead atoms. The third-order valence-corrected chi connectivity index (χ3v) is 6.60. The van der Waals surface area contributed by atoms with Crippen molar-refractivity contribution in [3.63, 3.8) is 0 Å². The fourth-order valence-electron chi connectivity index (χ4n) is 4.87. The molecule has 1 aromatic heterocycles. The molecule has 0 saturated carbocycles. The molecular weight excluding hydrogens is 345 g/mol. The van der Waals surface area contributed by atoms with Crippen molar-refractivity contribution in [3.8, 4) is 5.75 Å². The van der Waals surface area contributed by atoms with Gasteiger partial charge in [0, 0.05) is 24.2 Å². The minimum absolute atomic E-state index is 0.104. The summed E-state index contributed by atoms with van der Waals surface area (Å²) in [7, 11) is 1.91. The van der Waals surface area contributed by atoms with Gasteiger partial charge in [-0.3, -0.25) is 15.0 Å². The third-order valence-electron chi connectivity index (χ3n) is 6.27. The third kappa shape index (κ3) is 3.13. The van der Waals surface area contributed by atoms with Crippen LogP contribution in [-0.2, 0) is 4.52 Å². The fraction of sp³-hybridized carbons (Fsp3) is 0.550. The van der Waals surface area contributed by atoms with E-state index in [9.17, 15) is 0 Å². The van der Waals surface area contributed by atoms with E-state index in [0.717, 1.165) is 53.6 Å². The molecule has 1 N–H and O–H groups in total. The molecule has 5 rings (SSSR count). The lowest BCUT2D eigenvalue weighted by atomic mass is 9.72. The van der Waals surface area contributed by atoms with Crippen molar-refractivity contribution in [1.29, 1.82) is 5.16 Å². The van der Waals surface area contributed by atoms with E-state index in [1.807, 2.05) is 24.4 Å². The van der Waals surface area contributed by atoms with Crippen molar-refractivity contribution in [2.75, 3.05) is 20.2 Å². The highest BCUT2D eigenvalue weighted by atomic mass is 31.1. The van der Waals surface area contributed by atoms with E-state index in [-0.39, 0.29) is 14.7 Å². The molecule has 6 heteroatoms. The van der Waals surface area contributed by atoms with Crippen molar-refractivity contribution in [2.24, 2.45) is 11.8 Å². The molecule has 3 aliphatic rings. The monoisotopic (exact) mass is 371 g/mol. The molecule has 1 aromatic carbocycles. The molecular formula is C20H26N3O2P. The molecule has 5 nitrogen and oxygen atoms in total. The number of hydrogen-bond acceptors (Lipinski definition) is 5. The first-order valence-electron chi connectivity index (χ1n) is 9.44. The number of nitrogens with one attached hydrogen (secondary N) is 1. The van der Waals surface area contributed by atoms with Crippen LogP contribution in [0, 0.1) is 17.0 Å². The highest BCUT2D eigenvalue weighted by Gasteiger charge is 2.43. The summed E-state index contributed by atoms with van der Waals surface area (Å²) in [5, 5.41) is 8.75. The molecule has 138 valence electrons. The summed E-state index contributed by atoms with van der Waals surface area (Å²) >= 11 is 0. The Balaban J connectivity index is 1.74. The first-order chi connectivity index (χ1) is 12.7. The second-order valence-electron chi connectivity index (χ2n) is 7.42. The predicted molar refractivity (Wildman–Crippen MR) is 104 cm³/mol. The summed E-state index contributed by atoms with van der Waals surface area (Å²) in [6.45, 7) is 4.61. The number of aromatic nitrogens is 1. The normalized spacial score (nSPS) is 29.2. The quantitative estimate of drug-likeness (QED) is 0.722. The van der Waals surface area contributed by atoms with Crippen molar-refractivity contribution in [3.05, 3.63) is 36.0 Å². The second-order valence-corrected chi connectivity index (χ2v) is 7.81. The summed E-state index contributed by atoms with van der Waals surface area (Å²) in [4.78, 5) is 7.10. The van der Waals surface area contributed by atoms with Crippen LogP contribution in [-0.4, -0.2) is 36.1 Å². The smallest absolute Gasteiger partial charge is 0.169 e. The number of ether oxygens (including phenoxy) is 1. The van der Waals surface area contributed by atoms with Gasteiger partial charge in [-0.05, 0) is 61.1 Å². The number of methoxy groups -OCH3 is 1. The lowest BCUT2D eigenvalue weighted by molar-refractivity contribution is -0.0446. The van der Waals surface area contributed by atoms with Crippen LogP contribution < -0.4 is 4.74 Å². The van der Waals surface area contributed by atoms with Gasteiger partial charge in [0.25, 0.3) is 0 Å².